The Balaban J connectivity index is 1.12. The molecule has 0 unspecified atom stereocenters. The molecular formula is C65H43N. The molecule has 2 aliphatic carbocycles. The standard InChI is InChI=1S/C65H43N/c1-3-20-44(21-4-1)51-29-9-10-33-58(51)64-53(46-22-5-2-6-23-46)35-19-39-63(64)66(48-27-17-26-47(42-48)52-34-18-25-45-24-7-8-28-50(45)52)49-40-41-57-56-32-13-16-38-61(56)65(62(57)43-49)59-36-14-11-30-54(59)55-31-12-15-37-60(55)65/h1-43H. The minimum absolute atomic E-state index is 0.486. The fourth-order valence-corrected chi connectivity index (χ4v) is 11.4. The lowest BCUT2D eigenvalue weighted by Crippen LogP contribution is -2.26. The number of rotatable bonds is 7. The van der Waals surface area contributed by atoms with Crippen LogP contribution in [0.3, 0.4) is 0 Å². The van der Waals surface area contributed by atoms with Crippen molar-refractivity contribution in [3.63, 3.8) is 0 Å². The molecule has 0 aromatic heterocycles. The van der Waals surface area contributed by atoms with E-state index in [-0.39, 0.29) is 0 Å². The maximum absolute atomic E-state index is 2.53. The van der Waals surface area contributed by atoms with E-state index >= 15 is 0 Å². The van der Waals surface area contributed by atoms with Crippen molar-refractivity contribution in [3.05, 3.63) is 283 Å². The van der Waals surface area contributed by atoms with Gasteiger partial charge in [0.15, 0.2) is 0 Å². The molecule has 0 heterocycles. The highest BCUT2D eigenvalue weighted by Gasteiger charge is 2.51. The number of benzene rings is 11. The lowest BCUT2D eigenvalue weighted by Gasteiger charge is -2.33. The van der Waals surface area contributed by atoms with Gasteiger partial charge in [-0.2, -0.15) is 0 Å². The fourth-order valence-electron chi connectivity index (χ4n) is 11.4. The Kier molecular flexibility index (Phi) is 8.82. The number of fused-ring (bicyclic) bond motifs is 11. The topological polar surface area (TPSA) is 3.24 Å². The zero-order chi connectivity index (χ0) is 43.6. The largest absolute Gasteiger partial charge is 0.310 e. The van der Waals surface area contributed by atoms with Crippen LogP contribution in [0.1, 0.15) is 22.3 Å². The van der Waals surface area contributed by atoms with Crippen molar-refractivity contribution < 1.29 is 0 Å². The monoisotopic (exact) mass is 837 g/mol. The predicted molar refractivity (Wildman–Crippen MR) is 277 cm³/mol. The predicted octanol–water partition coefficient (Wildman–Crippen LogP) is 17.3. The van der Waals surface area contributed by atoms with E-state index in [9.17, 15) is 0 Å². The summed E-state index contributed by atoms with van der Waals surface area (Å²) in [5.74, 6) is 0. The van der Waals surface area contributed by atoms with Crippen molar-refractivity contribution in [2.24, 2.45) is 0 Å². The number of hydrogen-bond donors (Lipinski definition) is 0. The molecule has 0 radical (unpaired) electrons. The van der Waals surface area contributed by atoms with E-state index < -0.39 is 5.41 Å². The number of hydrogen-bond acceptors (Lipinski definition) is 1. The maximum atomic E-state index is 2.53. The molecule has 0 N–H and O–H groups in total. The minimum atomic E-state index is -0.486. The van der Waals surface area contributed by atoms with Crippen LogP contribution in [0.4, 0.5) is 17.1 Å². The quantitative estimate of drug-likeness (QED) is 0.155. The van der Waals surface area contributed by atoms with Gasteiger partial charge in [-0.05, 0) is 125 Å². The van der Waals surface area contributed by atoms with Crippen LogP contribution in [0.2, 0.25) is 0 Å². The first-order valence-electron chi connectivity index (χ1n) is 22.9. The first kappa shape index (κ1) is 38.0. The Labute approximate surface area is 386 Å². The molecule has 66 heavy (non-hydrogen) atoms. The summed E-state index contributed by atoms with van der Waals surface area (Å²) in [6.07, 6.45) is 0. The molecule has 11 aromatic rings. The molecule has 0 bridgehead atoms. The molecule has 13 rings (SSSR count). The van der Waals surface area contributed by atoms with Gasteiger partial charge in [-0.15, -0.1) is 0 Å². The highest BCUT2D eigenvalue weighted by Crippen LogP contribution is 2.63. The molecule has 308 valence electrons. The SMILES string of the molecule is c1ccc(-c2ccccc2-c2c(-c3ccccc3)cccc2N(c2cccc(-c3cccc4ccccc34)c2)c2ccc3c(c2)C2(c4ccccc4-c4ccccc42)c2ccccc2-3)cc1. The van der Waals surface area contributed by atoms with Gasteiger partial charge in [0.05, 0.1) is 11.1 Å². The Morgan fingerprint density at radius 1 is 0.258 bits per heavy atom. The summed E-state index contributed by atoms with van der Waals surface area (Å²) in [4.78, 5) is 2.53. The number of anilines is 3. The van der Waals surface area contributed by atoms with Crippen LogP contribution >= 0.6 is 0 Å². The molecule has 0 aliphatic heterocycles. The zero-order valence-corrected chi connectivity index (χ0v) is 36.3. The first-order valence-corrected chi connectivity index (χ1v) is 22.9. The van der Waals surface area contributed by atoms with Crippen molar-refractivity contribution in [1.82, 2.24) is 0 Å². The maximum Gasteiger partial charge on any atom is 0.0726 e. The van der Waals surface area contributed by atoms with Gasteiger partial charge in [-0.1, -0.05) is 231 Å². The Morgan fingerprint density at radius 3 is 1.39 bits per heavy atom. The molecule has 0 saturated carbocycles. The molecule has 0 amide bonds. The Morgan fingerprint density at radius 2 is 0.712 bits per heavy atom. The van der Waals surface area contributed by atoms with Crippen molar-refractivity contribution in [1.29, 1.82) is 0 Å². The lowest BCUT2D eigenvalue weighted by molar-refractivity contribution is 0.793. The summed E-state index contributed by atoms with van der Waals surface area (Å²) in [5, 5.41) is 2.47. The molecular weight excluding hydrogens is 795 g/mol. The Hall–Kier alpha value is -8.52. The van der Waals surface area contributed by atoms with Crippen LogP contribution in [0, 0.1) is 0 Å². The third-order valence-electron chi connectivity index (χ3n) is 14.1. The van der Waals surface area contributed by atoms with Gasteiger partial charge in [-0.25, -0.2) is 0 Å². The second-order valence-electron chi connectivity index (χ2n) is 17.5. The fraction of sp³-hybridized carbons (Fsp3) is 0.0154. The molecule has 1 heteroatoms. The molecule has 0 saturated heterocycles. The summed E-state index contributed by atoms with van der Waals surface area (Å²) in [7, 11) is 0. The van der Waals surface area contributed by atoms with Crippen LogP contribution in [0.15, 0.2) is 261 Å². The smallest absolute Gasteiger partial charge is 0.0726 e. The summed E-state index contributed by atoms with van der Waals surface area (Å²) < 4.78 is 0. The third-order valence-corrected chi connectivity index (χ3v) is 14.1. The van der Waals surface area contributed by atoms with Crippen molar-refractivity contribution in [2.75, 3.05) is 4.90 Å². The molecule has 11 aromatic carbocycles. The minimum Gasteiger partial charge on any atom is -0.310 e. The summed E-state index contributed by atoms with van der Waals surface area (Å²) >= 11 is 0. The highest BCUT2D eigenvalue weighted by atomic mass is 15.1. The third kappa shape index (κ3) is 5.73. The van der Waals surface area contributed by atoms with Crippen molar-refractivity contribution >= 4 is 27.8 Å². The van der Waals surface area contributed by atoms with Gasteiger partial charge in [0.1, 0.15) is 0 Å². The van der Waals surface area contributed by atoms with Crippen LogP contribution in [0.5, 0.6) is 0 Å². The summed E-state index contributed by atoms with van der Waals surface area (Å²) in [6, 6.07) is 96.5. The molecule has 1 spiro atoms. The van der Waals surface area contributed by atoms with Gasteiger partial charge in [-0.3, -0.25) is 0 Å². The van der Waals surface area contributed by atoms with E-state index in [0.717, 1.165) is 17.1 Å². The first-order chi connectivity index (χ1) is 32.8. The second-order valence-corrected chi connectivity index (χ2v) is 17.5. The zero-order valence-electron chi connectivity index (χ0n) is 36.3. The van der Waals surface area contributed by atoms with E-state index in [1.807, 2.05) is 0 Å². The number of nitrogens with zero attached hydrogens (tertiary/aromatic N) is 1. The molecule has 0 atom stereocenters. The summed E-state index contributed by atoms with van der Waals surface area (Å²) in [5.41, 5.74) is 22.7. The van der Waals surface area contributed by atoms with E-state index in [0.29, 0.717) is 0 Å². The molecule has 0 fully saturated rings. The van der Waals surface area contributed by atoms with Gasteiger partial charge < -0.3 is 4.90 Å². The van der Waals surface area contributed by atoms with E-state index in [4.69, 9.17) is 0 Å². The van der Waals surface area contributed by atoms with Crippen molar-refractivity contribution in [2.45, 2.75) is 5.41 Å². The normalized spacial score (nSPS) is 12.7. The molecule has 1 nitrogen and oxygen atoms in total. The average Bonchev–Trinajstić information content (AvgIpc) is 3.86. The molecule has 2 aliphatic rings. The van der Waals surface area contributed by atoms with Gasteiger partial charge >= 0.3 is 0 Å². The lowest BCUT2D eigenvalue weighted by atomic mass is 9.70. The summed E-state index contributed by atoms with van der Waals surface area (Å²) in [6.45, 7) is 0. The van der Waals surface area contributed by atoms with Crippen LogP contribution in [-0.4, -0.2) is 0 Å². The van der Waals surface area contributed by atoms with Crippen molar-refractivity contribution in [3.8, 4) is 66.8 Å². The van der Waals surface area contributed by atoms with E-state index in [1.165, 1.54) is 99.8 Å². The van der Waals surface area contributed by atoms with Crippen LogP contribution < -0.4 is 4.90 Å². The van der Waals surface area contributed by atoms with Gasteiger partial charge in [0.2, 0.25) is 0 Å². The van der Waals surface area contributed by atoms with Crippen LogP contribution in [0.25, 0.3) is 77.5 Å². The highest BCUT2D eigenvalue weighted by molar-refractivity contribution is 6.03. The van der Waals surface area contributed by atoms with Crippen LogP contribution in [-0.2, 0) is 5.41 Å². The second kappa shape index (κ2) is 15.3. The van der Waals surface area contributed by atoms with E-state index in [1.54, 1.807) is 0 Å². The Bertz CT molecular complexity index is 3590. The van der Waals surface area contributed by atoms with Gasteiger partial charge in [0.25, 0.3) is 0 Å². The van der Waals surface area contributed by atoms with E-state index in [2.05, 4.69) is 266 Å². The average molecular weight is 838 g/mol. The van der Waals surface area contributed by atoms with Gasteiger partial charge in [0, 0.05) is 16.9 Å².